The Morgan fingerprint density at radius 3 is 2.50 bits per heavy atom. The third-order valence-corrected chi connectivity index (χ3v) is 6.01. The van der Waals surface area contributed by atoms with Gasteiger partial charge in [0.25, 0.3) is 5.89 Å². The van der Waals surface area contributed by atoms with Crippen LogP contribution in [-0.2, 0) is 0 Å². The van der Waals surface area contributed by atoms with Gasteiger partial charge in [-0.1, -0.05) is 35.5 Å². The van der Waals surface area contributed by atoms with Crippen molar-refractivity contribution in [2.75, 3.05) is 18.6 Å². The second kappa shape index (κ2) is 9.95. The fourth-order valence-electron chi connectivity index (χ4n) is 4.30. The zero-order chi connectivity index (χ0) is 25.1. The topological polar surface area (TPSA) is 89.7 Å². The third-order valence-electron chi connectivity index (χ3n) is 6.01. The summed E-state index contributed by atoms with van der Waals surface area (Å²) in [5.74, 6) is 2.23. The van der Waals surface area contributed by atoms with Crippen molar-refractivity contribution in [1.29, 1.82) is 0 Å². The van der Waals surface area contributed by atoms with Gasteiger partial charge in [0.05, 0.1) is 31.0 Å². The monoisotopic (exact) mass is 482 g/mol. The number of anilines is 1. The molecule has 5 rings (SSSR count). The summed E-state index contributed by atoms with van der Waals surface area (Å²) in [6.45, 7) is 4.42. The van der Waals surface area contributed by atoms with Crippen molar-refractivity contribution < 1.29 is 18.8 Å². The highest BCUT2D eigenvalue weighted by Gasteiger charge is 2.36. The third kappa shape index (κ3) is 4.40. The summed E-state index contributed by atoms with van der Waals surface area (Å²) >= 11 is 0. The van der Waals surface area contributed by atoms with E-state index in [1.54, 1.807) is 12.0 Å². The van der Waals surface area contributed by atoms with E-state index in [0.717, 1.165) is 22.6 Å². The summed E-state index contributed by atoms with van der Waals surface area (Å²) in [6, 6.07) is 23.8. The minimum absolute atomic E-state index is 0.249. The summed E-state index contributed by atoms with van der Waals surface area (Å²) in [7, 11) is 1.61. The molecule has 0 saturated carbocycles. The van der Waals surface area contributed by atoms with Crippen LogP contribution in [0.5, 0.6) is 11.5 Å². The number of nitrogens with zero attached hydrogens (tertiary/aromatic N) is 3. The van der Waals surface area contributed by atoms with Crippen molar-refractivity contribution in [3.63, 3.8) is 0 Å². The maximum atomic E-state index is 13.3. The van der Waals surface area contributed by atoms with E-state index in [-0.39, 0.29) is 6.03 Å². The minimum atomic E-state index is -0.513. The van der Waals surface area contributed by atoms with Crippen molar-refractivity contribution in [1.82, 2.24) is 15.5 Å². The Labute approximate surface area is 209 Å². The van der Waals surface area contributed by atoms with E-state index in [4.69, 9.17) is 19.0 Å². The number of carbonyl (C=O) groups excluding carboxylic acids is 1. The smallest absolute Gasteiger partial charge is 0.326 e. The number of amides is 2. The Kier molecular flexibility index (Phi) is 6.40. The van der Waals surface area contributed by atoms with Gasteiger partial charge in [-0.3, -0.25) is 4.90 Å². The fraction of sp³-hybridized carbons (Fsp3) is 0.179. The van der Waals surface area contributed by atoms with Gasteiger partial charge in [0.2, 0.25) is 5.82 Å². The van der Waals surface area contributed by atoms with E-state index >= 15 is 0 Å². The van der Waals surface area contributed by atoms with Gasteiger partial charge in [-0.25, -0.2) is 4.79 Å². The van der Waals surface area contributed by atoms with Crippen LogP contribution in [0.15, 0.2) is 89.1 Å². The molecule has 8 nitrogen and oxygen atoms in total. The zero-order valence-electron chi connectivity index (χ0n) is 20.3. The molecule has 3 aromatic carbocycles. The summed E-state index contributed by atoms with van der Waals surface area (Å²) in [6.07, 6.45) is 0. The molecular formula is C28H26N4O4. The molecule has 182 valence electrons. The number of hydrogen-bond donors (Lipinski definition) is 1. The zero-order valence-corrected chi connectivity index (χ0v) is 20.3. The van der Waals surface area contributed by atoms with Crippen LogP contribution in [0.3, 0.4) is 0 Å². The van der Waals surface area contributed by atoms with Gasteiger partial charge in [0.15, 0.2) is 0 Å². The van der Waals surface area contributed by atoms with Crippen molar-refractivity contribution in [2.45, 2.75) is 19.9 Å². The molecule has 2 heterocycles. The second-order valence-electron chi connectivity index (χ2n) is 8.21. The van der Waals surface area contributed by atoms with Crippen LogP contribution in [0.2, 0.25) is 0 Å². The molecule has 1 aliphatic rings. The lowest BCUT2D eigenvalue weighted by Gasteiger charge is -2.35. The van der Waals surface area contributed by atoms with Crippen LogP contribution in [0.1, 0.15) is 31.3 Å². The molecule has 1 N–H and O–H groups in total. The first-order valence-electron chi connectivity index (χ1n) is 11.7. The first kappa shape index (κ1) is 23.2. The predicted octanol–water partition coefficient (Wildman–Crippen LogP) is 5.85. The van der Waals surface area contributed by atoms with Crippen molar-refractivity contribution in [2.24, 2.45) is 0 Å². The van der Waals surface area contributed by atoms with Crippen LogP contribution < -0.4 is 19.7 Å². The summed E-state index contributed by atoms with van der Waals surface area (Å²) in [5.41, 5.74) is 3.77. The predicted molar refractivity (Wildman–Crippen MR) is 137 cm³/mol. The number of hydrogen-bond acceptors (Lipinski definition) is 6. The van der Waals surface area contributed by atoms with E-state index in [9.17, 15) is 4.79 Å². The standard InChI is InChI=1S/C28H26N4O4/c1-4-35-22-15-13-19(14-16-22)26-30-27(36-31-26)24-18(2)32(21-10-6-5-7-11-21)28(33)29-25(24)20-9-8-12-23(17-20)34-3/h5-17,25H,4H2,1-3H3,(H,29,33). The van der Waals surface area contributed by atoms with E-state index in [1.807, 2.05) is 92.7 Å². The van der Waals surface area contributed by atoms with Crippen LogP contribution in [0.25, 0.3) is 17.0 Å². The van der Waals surface area contributed by atoms with Crippen molar-refractivity contribution in [3.05, 3.63) is 96.0 Å². The Bertz CT molecular complexity index is 1400. The molecule has 0 spiro atoms. The number of para-hydroxylation sites is 1. The lowest BCUT2D eigenvalue weighted by molar-refractivity contribution is 0.244. The van der Waals surface area contributed by atoms with E-state index in [0.29, 0.717) is 35.3 Å². The first-order chi connectivity index (χ1) is 17.6. The number of allylic oxidation sites excluding steroid dienone is 1. The number of methoxy groups -OCH3 is 1. The quantitative estimate of drug-likeness (QED) is 0.356. The Morgan fingerprint density at radius 2 is 1.78 bits per heavy atom. The molecule has 0 bridgehead atoms. The number of ether oxygens (including phenoxy) is 2. The van der Waals surface area contributed by atoms with Crippen LogP contribution in [-0.4, -0.2) is 29.9 Å². The molecule has 1 unspecified atom stereocenters. The highest BCUT2D eigenvalue weighted by Crippen LogP contribution is 2.39. The number of urea groups is 1. The molecule has 8 heteroatoms. The molecule has 0 saturated heterocycles. The van der Waals surface area contributed by atoms with Crippen LogP contribution >= 0.6 is 0 Å². The van der Waals surface area contributed by atoms with E-state index in [1.165, 1.54) is 0 Å². The summed E-state index contributed by atoms with van der Waals surface area (Å²) < 4.78 is 16.7. The minimum Gasteiger partial charge on any atom is -0.497 e. The van der Waals surface area contributed by atoms with Gasteiger partial charge in [-0.05, 0) is 67.9 Å². The lowest BCUT2D eigenvalue weighted by Crippen LogP contribution is -2.46. The molecule has 4 aromatic rings. The van der Waals surface area contributed by atoms with Gasteiger partial charge >= 0.3 is 6.03 Å². The lowest BCUT2D eigenvalue weighted by atomic mass is 9.94. The summed E-state index contributed by atoms with van der Waals surface area (Å²) in [5, 5.41) is 7.34. The van der Waals surface area contributed by atoms with Gasteiger partial charge < -0.3 is 19.3 Å². The highest BCUT2D eigenvalue weighted by atomic mass is 16.5. The van der Waals surface area contributed by atoms with E-state index in [2.05, 4.69) is 10.5 Å². The van der Waals surface area contributed by atoms with Gasteiger partial charge in [0.1, 0.15) is 11.5 Å². The molecule has 36 heavy (non-hydrogen) atoms. The number of aromatic nitrogens is 2. The van der Waals surface area contributed by atoms with Crippen molar-refractivity contribution in [3.8, 4) is 22.9 Å². The average molecular weight is 483 g/mol. The highest BCUT2D eigenvalue weighted by molar-refractivity contribution is 6.01. The van der Waals surface area contributed by atoms with Crippen LogP contribution in [0, 0.1) is 0 Å². The van der Waals surface area contributed by atoms with Gasteiger partial charge in [0, 0.05) is 11.3 Å². The Hall–Kier alpha value is -4.59. The molecule has 0 radical (unpaired) electrons. The molecule has 1 aliphatic heterocycles. The normalized spacial score (nSPS) is 15.6. The fourth-order valence-corrected chi connectivity index (χ4v) is 4.30. The Balaban J connectivity index is 1.61. The number of carbonyl (C=O) groups is 1. The maximum absolute atomic E-state index is 13.3. The Morgan fingerprint density at radius 1 is 1.00 bits per heavy atom. The number of rotatable bonds is 7. The molecular weight excluding hydrogens is 456 g/mol. The van der Waals surface area contributed by atoms with Gasteiger partial charge in [-0.15, -0.1) is 0 Å². The molecule has 0 aliphatic carbocycles. The maximum Gasteiger partial charge on any atom is 0.326 e. The molecule has 0 fully saturated rings. The number of benzene rings is 3. The second-order valence-corrected chi connectivity index (χ2v) is 8.21. The first-order valence-corrected chi connectivity index (χ1v) is 11.7. The number of nitrogens with one attached hydrogen (secondary N) is 1. The van der Waals surface area contributed by atoms with Crippen LogP contribution in [0.4, 0.5) is 10.5 Å². The SMILES string of the molecule is CCOc1ccc(-c2noc(C3=C(C)N(c4ccccc4)C(=O)NC3c3cccc(OC)c3)n2)cc1. The summed E-state index contributed by atoms with van der Waals surface area (Å²) in [4.78, 5) is 19.6. The molecule has 1 atom stereocenters. The van der Waals surface area contributed by atoms with Gasteiger partial charge in [-0.2, -0.15) is 4.98 Å². The largest absolute Gasteiger partial charge is 0.497 e. The van der Waals surface area contributed by atoms with Crippen molar-refractivity contribution >= 4 is 17.3 Å². The molecule has 2 amide bonds. The molecule has 1 aromatic heterocycles. The van der Waals surface area contributed by atoms with E-state index < -0.39 is 6.04 Å². The average Bonchev–Trinajstić information content (AvgIpc) is 3.39.